The number of aliphatic hydroxyl groups excluding tert-OH is 1. The van der Waals surface area contributed by atoms with E-state index in [-0.39, 0.29) is 23.6 Å². The summed E-state index contributed by atoms with van der Waals surface area (Å²) in [5, 5.41) is 28.8. The van der Waals surface area contributed by atoms with Crippen LogP contribution in [0.15, 0.2) is 65.4 Å². The topological polar surface area (TPSA) is 149 Å². The first kappa shape index (κ1) is 28.3. The van der Waals surface area contributed by atoms with Crippen molar-refractivity contribution in [3.8, 4) is 0 Å². The Bertz CT molecular complexity index is 1470. The van der Waals surface area contributed by atoms with Crippen molar-refractivity contribution in [2.24, 2.45) is 0 Å². The molecule has 1 fully saturated rings. The molecule has 2 aromatic carbocycles. The van der Waals surface area contributed by atoms with Gasteiger partial charge in [-0.1, -0.05) is 50.2 Å². The van der Waals surface area contributed by atoms with Crippen LogP contribution in [0, 0.1) is 5.41 Å². The third-order valence-electron chi connectivity index (χ3n) is 7.47. The maximum absolute atomic E-state index is 9.19. The van der Waals surface area contributed by atoms with Crippen LogP contribution in [-0.4, -0.2) is 57.1 Å². The van der Waals surface area contributed by atoms with Gasteiger partial charge in [-0.05, 0) is 61.7 Å². The van der Waals surface area contributed by atoms with Gasteiger partial charge in [0, 0.05) is 35.0 Å². The molecular weight excluding hydrogens is 516 g/mol. The number of nitrogens with one attached hydrogen (secondary N) is 3. The van der Waals surface area contributed by atoms with Crippen LogP contribution in [0.3, 0.4) is 0 Å². The normalized spacial score (nSPS) is 14.6. The Morgan fingerprint density at radius 3 is 2.29 bits per heavy atom. The fourth-order valence-corrected chi connectivity index (χ4v) is 5.05. The number of rotatable bonds is 9. The first-order valence-electron chi connectivity index (χ1n) is 14.0. The quantitative estimate of drug-likeness (QED) is 0.171. The second-order valence-corrected chi connectivity index (χ2v) is 11.5. The summed E-state index contributed by atoms with van der Waals surface area (Å²) in [6, 6.07) is 17.8. The summed E-state index contributed by atoms with van der Waals surface area (Å²) in [7, 11) is 0. The Morgan fingerprint density at radius 1 is 1.02 bits per heavy atom. The first-order valence-corrected chi connectivity index (χ1v) is 14.0. The Labute approximate surface area is 240 Å². The van der Waals surface area contributed by atoms with Gasteiger partial charge >= 0.3 is 0 Å². The standard InChI is InChI=1S/C31H38N8O2/c1-31(2,3)25-18-26(38-41-25)36-23-8-10-24(11-9-23)37-30-27(29(33)34-19-35-30)28(32)22-6-4-20(5-7-22)21-12-14-39(15-13-21)16-17-40/h4-11,18-19,21,32,40H,12-17H2,1-3H3,(H,36,38)(H3,33,34,35,37). The molecular formula is C31H38N8O2. The van der Waals surface area contributed by atoms with E-state index in [0.717, 1.165) is 55.2 Å². The molecule has 214 valence electrons. The molecule has 0 amide bonds. The molecule has 2 aromatic heterocycles. The van der Waals surface area contributed by atoms with Crippen molar-refractivity contribution in [3.05, 3.63) is 83.4 Å². The van der Waals surface area contributed by atoms with Crippen LogP contribution >= 0.6 is 0 Å². The smallest absolute Gasteiger partial charge is 0.174 e. The molecule has 0 saturated carbocycles. The molecule has 5 rings (SSSR count). The van der Waals surface area contributed by atoms with E-state index in [1.807, 2.05) is 42.5 Å². The fourth-order valence-electron chi connectivity index (χ4n) is 5.05. The second-order valence-electron chi connectivity index (χ2n) is 11.5. The number of likely N-dealkylation sites (tertiary alicyclic amines) is 1. The van der Waals surface area contributed by atoms with E-state index in [1.165, 1.54) is 11.9 Å². The Kier molecular flexibility index (Phi) is 8.32. The number of nitrogens with two attached hydrogens (primary N) is 1. The number of hydrogen-bond donors (Lipinski definition) is 5. The predicted octanol–water partition coefficient (Wildman–Crippen LogP) is 5.42. The lowest BCUT2D eigenvalue weighted by Crippen LogP contribution is -2.34. The van der Waals surface area contributed by atoms with Crippen LogP contribution in [0.4, 0.5) is 28.8 Å². The van der Waals surface area contributed by atoms with E-state index in [1.54, 1.807) is 0 Å². The molecule has 0 unspecified atom stereocenters. The highest BCUT2D eigenvalue weighted by Crippen LogP contribution is 2.31. The van der Waals surface area contributed by atoms with Crippen LogP contribution in [-0.2, 0) is 5.41 Å². The van der Waals surface area contributed by atoms with Crippen molar-refractivity contribution in [3.63, 3.8) is 0 Å². The number of anilines is 5. The zero-order valence-electron chi connectivity index (χ0n) is 23.8. The summed E-state index contributed by atoms with van der Waals surface area (Å²) in [5.74, 6) is 2.65. The van der Waals surface area contributed by atoms with E-state index in [0.29, 0.717) is 23.1 Å². The molecule has 10 heteroatoms. The van der Waals surface area contributed by atoms with Gasteiger partial charge in [-0.3, -0.25) is 5.41 Å². The maximum Gasteiger partial charge on any atom is 0.174 e. The SMILES string of the molecule is CC(C)(C)c1cc(Nc2ccc(Nc3ncnc(N)c3C(=N)c3ccc(C4CCN(CCO)CC4)cc3)cc2)no1. The third kappa shape index (κ3) is 6.72. The zero-order valence-corrected chi connectivity index (χ0v) is 23.8. The monoisotopic (exact) mass is 554 g/mol. The highest BCUT2D eigenvalue weighted by molar-refractivity contribution is 6.16. The zero-order chi connectivity index (χ0) is 29.0. The minimum absolute atomic E-state index is 0.119. The largest absolute Gasteiger partial charge is 0.395 e. The van der Waals surface area contributed by atoms with E-state index in [4.69, 9.17) is 15.7 Å². The van der Waals surface area contributed by atoms with Gasteiger partial charge in [-0.2, -0.15) is 0 Å². The average Bonchev–Trinajstić information content (AvgIpc) is 3.44. The molecule has 41 heavy (non-hydrogen) atoms. The van der Waals surface area contributed by atoms with Crippen LogP contribution in [0.25, 0.3) is 0 Å². The Balaban J connectivity index is 1.27. The van der Waals surface area contributed by atoms with Gasteiger partial charge in [0.15, 0.2) is 5.82 Å². The number of benzene rings is 2. The van der Waals surface area contributed by atoms with Crippen molar-refractivity contribution >= 4 is 34.5 Å². The fraction of sp³-hybridized carbons (Fsp3) is 0.355. The van der Waals surface area contributed by atoms with Crippen LogP contribution in [0.5, 0.6) is 0 Å². The predicted molar refractivity (Wildman–Crippen MR) is 163 cm³/mol. The number of piperidine rings is 1. The molecule has 1 saturated heterocycles. The summed E-state index contributed by atoms with van der Waals surface area (Å²) in [6.45, 7) is 9.15. The van der Waals surface area contributed by atoms with Gasteiger partial charge in [0.25, 0.3) is 0 Å². The Morgan fingerprint density at radius 2 is 1.68 bits per heavy atom. The summed E-state index contributed by atoms with van der Waals surface area (Å²) in [4.78, 5) is 10.9. The number of nitrogens with zero attached hydrogens (tertiary/aromatic N) is 4. The number of hydrogen-bond acceptors (Lipinski definition) is 10. The molecule has 6 N–H and O–H groups in total. The minimum Gasteiger partial charge on any atom is -0.395 e. The summed E-state index contributed by atoms with van der Waals surface area (Å²) >= 11 is 0. The minimum atomic E-state index is -0.119. The first-order chi connectivity index (χ1) is 19.7. The maximum atomic E-state index is 9.19. The molecule has 1 aliphatic rings. The van der Waals surface area contributed by atoms with E-state index in [9.17, 15) is 5.11 Å². The van der Waals surface area contributed by atoms with Gasteiger partial charge in [0.2, 0.25) is 0 Å². The summed E-state index contributed by atoms with van der Waals surface area (Å²) < 4.78 is 5.46. The van der Waals surface area contributed by atoms with Crippen molar-refractivity contribution in [1.82, 2.24) is 20.0 Å². The highest BCUT2D eigenvalue weighted by Gasteiger charge is 2.22. The van der Waals surface area contributed by atoms with Gasteiger partial charge in [-0.15, -0.1) is 0 Å². The molecule has 0 aliphatic carbocycles. The number of β-amino-alcohol motifs (C(OH)–C–C–N with tert-alkyl or cyclic N) is 1. The molecule has 1 aliphatic heterocycles. The summed E-state index contributed by atoms with van der Waals surface area (Å²) in [5.41, 5.74) is 10.5. The summed E-state index contributed by atoms with van der Waals surface area (Å²) in [6.07, 6.45) is 3.53. The molecule has 4 aromatic rings. The lowest BCUT2D eigenvalue weighted by Gasteiger charge is -2.31. The van der Waals surface area contributed by atoms with E-state index in [2.05, 4.69) is 63.6 Å². The molecule has 0 atom stereocenters. The van der Waals surface area contributed by atoms with Gasteiger partial charge < -0.3 is 30.9 Å². The van der Waals surface area contributed by atoms with Crippen molar-refractivity contribution in [1.29, 1.82) is 5.41 Å². The highest BCUT2D eigenvalue weighted by atomic mass is 16.5. The number of aliphatic hydroxyl groups is 1. The van der Waals surface area contributed by atoms with Crippen molar-refractivity contribution in [2.45, 2.75) is 44.9 Å². The molecule has 0 radical (unpaired) electrons. The average molecular weight is 555 g/mol. The van der Waals surface area contributed by atoms with Gasteiger partial charge in [0.1, 0.15) is 23.7 Å². The van der Waals surface area contributed by atoms with Crippen LogP contribution < -0.4 is 16.4 Å². The third-order valence-corrected chi connectivity index (χ3v) is 7.47. The van der Waals surface area contributed by atoms with E-state index < -0.39 is 0 Å². The van der Waals surface area contributed by atoms with Crippen LogP contribution in [0.1, 0.15) is 62.0 Å². The molecule has 0 spiro atoms. The number of aromatic nitrogens is 3. The van der Waals surface area contributed by atoms with Crippen molar-refractivity contribution in [2.75, 3.05) is 42.6 Å². The van der Waals surface area contributed by atoms with Gasteiger partial charge in [-0.25, -0.2) is 9.97 Å². The van der Waals surface area contributed by atoms with Crippen LogP contribution in [0.2, 0.25) is 0 Å². The molecule has 10 nitrogen and oxygen atoms in total. The van der Waals surface area contributed by atoms with Crippen molar-refractivity contribution < 1.29 is 9.63 Å². The molecule has 0 bridgehead atoms. The van der Waals surface area contributed by atoms with Gasteiger partial charge in [0.05, 0.1) is 17.9 Å². The second kappa shape index (κ2) is 12.1. The lowest BCUT2D eigenvalue weighted by atomic mass is 9.88. The van der Waals surface area contributed by atoms with E-state index >= 15 is 0 Å². The number of nitrogen functional groups attached to an aromatic ring is 1. The Hall–Kier alpha value is -4.28. The lowest BCUT2D eigenvalue weighted by molar-refractivity contribution is 0.164. The molecule has 3 heterocycles.